The van der Waals surface area contributed by atoms with Gasteiger partial charge >= 0.3 is 17.9 Å². The first-order valence-corrected chi connectivity index (χ1v) is 29.2. The van der Waals surface area contributed by atoms with Gasteiger partial charge in [-0.25, -0.2) is 0 Å². The van der Waals surface area contributed by atoms with Crippen molar-refractivity contribution in [3.63, 3.8) is 0 Å². The van der Waals surface area contributed by atoms with Crippen LogP contribution in [0.15, 0.2) is 134 Å². The molecule has 0 aromatic rings. The van der Waals surface area contributed by atoms with Crippen LogP contribution in [0.2, 0.25) is 0 Å². The summed E-state index contributed by atoms with van der Waals surface area (Å²) in [7, 11) is 0. The van der Waals surface area contributed by atoms with Crippen LogP contribution in [0.3, 0.4) is 0 Å². The summed E-state index contributed by atoms with van der Waals surface area (Å²) < 4.78 is 16.8. The van der Waals surface area contributed by atoms with E-state index in [9.17, 15) is 14.4 Å². The Bertz CT molecular complexity index is 1560. The number of unbranched alkanes of at least 4 members (excludes halogenated alkanes) is 18. The third-order valence-corrected chi connectivity index (χ3v) is 11.9. The summed E-state index contributed by atoms with van der Waals surface area (Å²) in [5, 5.41) is 0. The highest BCUT2D eigenvalue weighted by molar-refractivity contribution is 5.71. The standard InChI is InChI=1S/C66H106O6/c1-4-7-10-13-16-19-22-25-28-30-31-32-33-34-35-37-38-41-44-47-50-53-56-59-65(68)71-62-63(61-70-64(67)58-55-52-49-46-43-40-27-24-21-18-15-12-9-6-3)72-66(69)60-57-54-51-48-45-42-39-36-29-26-23-20-17-14-11-8-5-2/h7-8,10-11,16-17,19-20,25-26,28-29,31-32,34-35,38-39,41-42,48,51,63H,4-6,9,12-15,18,21-24,27,30,33,36-37,40,43-47,49-50,52-62H2,1-3H3/b10-7-,11-8-,19-16-,20-17-,28-25-,29-26-,32-31-,35-34-,41-38-,42-39-,51-48-. The molecule has 0 spiro atoms. The van der Waals surface area contributed by atoms with Crippen LogP contribution in [0.4, 0.5) is 0 Å². The minimum atomic E-state index is -0.822. The topological polar surface area (TPSA) is 78.9 Å². The van der Waals surface area contributed by atoms with Crippen LogP contribution < -0.4 is 0 Å². The van der Waals surface area contributed by atoms with Gasteiger partial charge < -0.3 is 14.2 Å². The van der Waals surface area contributed by atoms with Crippen molar-refractivity contribution in [1.82, 2.24) is 0 Å². The van der Waals surface area contributed by atoms with E-state index in [0.29, 0.717) is 19.3 Å². The number of rotatable bonds is 51. The first kappa shape index (κ1) is 67.5. The fourth-order valence-electron chi connectivity index (χ4n) is 7.60. The molecule has 1 atom stereocenters. The maximum absolute atomic E-state index is 12.8. The van der Waals surface area contributed by atoms with Gasteiger partial charge in [-0.05, 0) is 109 Å². The van der Waals surface area contributed by atoms with Crippen molar-refractivity contribution in [3.8, 4) is 0 Å². The predicted molar refractivity (Wildman–Crippen MR) is 311 cm³/mol. The molecule has 0 saturated heterocycles. The Labute approximate surface area is 443 Å². The smallest absolute Gasteiger partial charge is 0.306 e. The van der Waals surface area contributed by atoms with E-state index >= 15 is 0 Å². The SMILES string of the molecule is CC/C=C\C/C=C\C/C=C\C/C=C\C/C=C\C/C=C\CCCCCCC(=O)OCC(COC(=O)CCCCCCCCCCCCCCCC)OC(=O)CCC/C=C\C/C=C\C/C=C\C/C=C\C/C=C\CC. The average Bonchev–Trinajstić information content (AvgIpc) is 3.38. The molecule has 406 valence electrons. The van der Waals surface area contributed by atoms with Gasteiger partial charge in [0.25, 0.3) is 0 Å². The molecule has 0 aliphatic heterocycles. The summed E-state index contributed by atoms with van der Waals surface area (Å²) in [5.41, 5.74) is 0. The molecule has 0 fully saturated rings. The average molecular weight is 996 g/mol. The summed E-state index contributed by atoms with van der Waals surface area (Å²) in [6.45, 7) is 6.34. The second kappa shape index (κ2) is 59.1. The molecule has 0 saturated carbocycles. The number of hydrogen-bond acceptors (Lipinski definition) is 6. The first-order chi connectivity index (χ1) is 35.5. The summed E-state index contributed by atoms with van der Waals surface area (Å²) in [4.78, 5) is 38.2. The van der Waals surface area contributed by atoms with Crippen LogP contribution in [0.5, 0.6) is 0 Å². The molecule has 6 nitrogen and oxygen atoms in total. The fraction of sp³-hybridized carbons (Fsp3) is 0.621. The minimum Gasteiger partial charge on any atom is -0.462 e. The van der Waals surface area contributed by atoms with Crippen LogP contribution in [0, 0.1) is 0 Å². The predicted octanol–water partition coefficient (Wildman–Crippen LogP) is 19.8. The number of carbonyl (C=O) groups is 3. The molecule has 0 aliphatic carbocycles. The van der Waals surface area contributed by atoms with E-state index in [1.165, 1.54) is 70.6 Å². The van der Waals surface area contributed by atoms with Gasteiger partial charge in [0.15, 0.2) is 6.10 Å². The van der Waals surface area contributed by atoms with Crippen molar-refractivity contribution in [2.75, 3.05) is 13.2 Å². The zero-order valence-electron chi connectivity index (χ0n) is 46.4. The Morgan fingerprint density at radius 3 is 0.889 bits per heavy atom. The van der Waals surface area contributed by atoms with Crippen LogP contribution in [0.1, 0.15) is 245 Å². The van der Waals surface area contributed by atoms with E-state index < -0.39 is 6.10 Å². The van der Waals surface area contributed by atoms with Crippen molar-refractivity contribution >= 4 is 17.9 Å². The molecule has 0 radical (unpaired) electrons. The molecule has 0 aromatic carbocycles. The van der Waals surface area contributed by atoms with Gasteiger partial charge in [0.2, 0.25) is 0 Å². The number of hydrogen-bond donors (Lipinski definition) is 0. The van der Waals surface area contributed by atoms with Crippen molar-refractivity contribution in [3.05, 3.63) is 134 Å². The van der Waals surface area contributed by atoms with E-state index in [0.717, 1.165) is 128 Å². The lowest BCUT2D eigenvalue weighted by Gasteiger charge is -2.18. The maximum Gasteiger partial charge on any atom is 0.306 e. The molecule has 0 rings (SSSR count). The quantitative estimate of drug-likeness (QED) is 0.0261. The Morgan fingerprint density at radius 1 is 0.292 bits per heavy atom. The number of esters is 3. The maximum atomic E-state index is 12.8. The summed E-state index contributed by atoms with van der Waals surface area (Å²) in [5.74, 6) is -0.998. The molecule has 0 N–H and O–H groups in total. The third kappa shape index (κ3) is 56.5. The zero-order chi connectivity index (χ0) is 52.2. The number of allylic oxidation sites excluding steroid dienone is 22. The number of ether oxygens (including phenoxy) is 3. The monoisotopic (exact) mass is 995 g/mol. The highest BCUT2D eigenvalue weighted by atomic mass is 16.6. The van der Waals surface area contributed by atoms with Gasteiger partial charge in [0.05, 0.1) is 0 Å². The molecule has 1 unspecified atom stereocenters. The molecule has 0 heterocycles. The van der Waals surface area contributed by atoms with E-state index in [-0.39, 0.29) is 37.5 Å². The summed E-state index contributed by atoms with van der Waals surface area (Å²) >= 11 is 0. The highest BCUT2D eigenvalue weighted by Crippen LogP contribution is 2.15. The van der Waals surface area contributed by atoms with Gasteiger partial charge in [-0.2, -0.15) is 0 Å². The second-order valence-corrected chi connectivity index (χ2v) is 18.8. The Kier molecular flexibility index (Phi) is 55.5. The highest BCUT2D eigenvalue weighted by Gasteiger charge is 2.19. The molecule has 0 amide bonds. The van der Waals surface area contributed by atoms with Gasteiger partial charge in [-0.3, -0.25) is 14.4 Å². The normalized spacial score (nSPS) is 13.1. The summed E-state index contributed by atoms with van der Waals surface area (Å²) in [6.07, 6.45) is 83.0. The van der Waals surface area contributed by atoms with E-state index in [4.69, 9.17) is 14.2 Å². The number of carbonyl (C=O) groups excluding carboxylic acids is 3. The molecule has 0 aromatic heterocycles. The third-order valence-electron chi connectivity index (χ3n) is 11.9. The van der Waals surface area contributed by atoms with E-state index in [1.807, 2.05) is 0 Å². The molecule has 72 heavy (non-hydrogen) atoms. The Balaban J connectivity index is 4.51. The van der Waals surface area contributed by atoms with Crippen LogP contribution in [-0.4, -0.2) is 37.2 Å². The second-order valence-electron chi connectivity index (χ2n) is 18.8. The van der Waals surface area contributed by atoms with E-state index in [1.54, 1.807) is 0 Å². The minimum absolute atomic E-state index is 0.111. The van der Waals surface area contributed by atoms with Crippen LogP contribution >= 0.6 is 0 Å². The fourth-order valence-corrected chi connectivity index (χ4v) is 7.60. The van der Waals surface area contributed by atoms with Crippen LogP contribution in [0.25, 0.3) is 0 Å². The van der Waals surface area contributed by atoms with Gasteiger partial charge in [-0.1, -0.05) is 251 Å². The van der Waals surface area contributed by atoms with Crippen molar-refractivity contribution in [2.24, 2.45) is 0 Å². The molecular formula is C66H106O6. The molecule has 0 bridgehead atoms. The molecule has 0 aliphatic rings. The van der Waals surface area contributed by atoms with Crippen molar-refractivity contribution in [1.29, 1.82) is 0 Å². The summed E-state index contributed by atoms with van der Waals surface area (Å²) in [6, 6.07) is 0. The lowest BCUT2D eigenvalue weighted by molar-refractivity contribution is -0.167. The zero-order valence-corrected chi connectivity index (χ0v) is 46.4. The van der Waals surface area contributed by atoms with Gasteiger partial charge in [0, 0.05) is 19.3 Å². The molecule has 6 heteroatoms. The Hall–Kier alpha value is -4.45. The van der Waals surface area contributed by atoms with Gasteiger partial charge in [0.1, 0.15) is 13.2 Å². The van der Waals surface area contributed by atoms with Crippen molar-refractivity contribution in [2.45, 2.75) is 252 Å². The Morgan fingerprint density at radius 2 is 0.556 bits per heavy atom. The lowest BCUT2D eigenvalue weighted by atomic mass is 10.0. The first-order valence-electron chi connectivity index (χ1n) is 29.2. The lowest BCUT2D eigenvalue weighted by Crippen LogP contribution is -2.30. The molecular weight excluding hydrogens is 889 g/mol. The van der Waals surface area contributed by atoms with Crippen molar-refractivity contribution < 1.29 is 28.6 Å². The van der Waals surface area contributed by atoms with Gasteiger partial charge in [-0.15, -0.1) is 0 Å². The largest absolute Gasteiger partial charge is 0.462 e. The van der Waals surface area contributed by atoms with E-state index in [2.05, 4.69) is 154 Å². The van der Waals surface area contributed by atoms with Crippen LogP contribution in [-0.2, 0) is 28.6 Å².